The molecule has 21 heavy (non-hydrogen) atoms. The average Bonchev–Trinajstić information content (AvgIpc) is 2.52. The van der Waals surface area contributed by atoms with Crippen molar-refractivity contribution in [1.29, 1.82) is 0 Å². The summed E-state index contributed by atoms with van der Waals surface area (Å²) in [6.45, 7) is 5.69. The Morgan fingerprint density at radius 1 is 1.05 bits per heavy atom. The second-order valence-electron chi connectivity index (χ2n) is 5.87. The molecule has 2 aromatic rings. The first-order valence-corrected chi connectivity index (χ1v) is 8.08. The highest BCUT2D eigenvalue weighted by Gasteiger charge is 2.12. The second-order valence-corrected chi connectivity index (χ2v) is 5.87. The Labute approximate surface area is 128 Å². The zero-order chi connectivity index (χ0) is 15.1. The summed E-state index contributed by atoms with van der Waals surface area (Å²) in [6.07, 6.45) is 3.24. The van der Waals surface area contributed by atoms with Crippen LogP contribution in [0.4, 0.5) is 0 Å². The van der Waals surface area contributed by atoms with E-state index in [0.717, 1.165) is 13.0 Å². The summed E-state index contributed by atoms with van der Waals surface area (Å²) in [6, 6.07) is 15.4. The predicted molar refractivity (Wildman–Crippen MR) is 90.5 cm³/mol. The third-order valence-electron chi connectivity index (χ3n) is 4.24. The molecular formula is C19H27NO. The van der Waals surface area contributed by atoms with Crippen molar-refractivity contribution in [1.82, 2.24) is 5.32 Å². The van der Waals surface area contributed by atoms with Crippen LogP contribution in [-0.4, -0.2) is 18.3 Å². The minimum atomic E-state index is 0.287. The molecule has 0 aliphatic rings. The Morgan fingerprint density at radius 3 is 2.57 bits per heavy atom. The van der Waals surface area contributed by atoms with Gasteiger partial charge >= 0.3 is 0 Å². The zero-order valence-electron chi connectivity index (χ0n) is 13.2. The van der Waals surface area contributed by atoms with Crippen LogP contribution >= 0.6 is 0 Å². The van der Waals surface area contributed by atoms with Crippen molar-refractivity contribution in [2.24, 2.45) is 5.92 Å². The Kier molecular flexibility index (Phi) is 6.21. The van der Waals surface area contributed by atoms with Gasteiger partial charge in [0.2, 0.25) is 0 Å². The molecule has 0 radical (unpaired) electrons. The SMILES string of the molecule is CCCC(CCO)CNC(C)c1cccc2ccccc12. The van der Waals surface area contributed by atoms with E-state index < -0.39 is 0 Å². The highest BCUT2D eigenvalue weighted by molar-refractivity contribution is 5.86. The molecule has 0 aliphatic heterocycles. The van der Waals surface area contributed by atoms with Gasteiger partial charge in [-0.05, 0) is 48.6 Å². The van der Waals surface area contributed by atoms with Gasteiger partial charge in [0.05, 0.1) is 0 Å². The molecule has 0 aromatic heterocycles. The van der Waals surface area contributed by atoms with E-state index in [9.17, 15) is 0 Å². The molecule has 0 saturated heterocycles. The van der Waals surface area contributed by atoms with Gasteiger partial charge < -0.3 is 10.4 Å². The molecule has 2 nitrogen and oxygen atoms in total. The lowest BCUT2D eigenvalue weighted by atomic mass is 9.97. The third kappa shape index (κ3) is 4.29. The summed E-state index contributed by atoms with van der Waals surface area (Å²) in [5.41, 5.74) is 1.35. The number of hydrogen-bond acceptors (Lipinski definition) is 2. The van der Waals surface area contributed by atoms with E-state index in [1.54, 1.807) is 0 Å². The van der Waals surface area contributed by atoms with Crippen LogP contribution in [0.15, 0.2) is 42.5 Å². The number of benzene rings is 2. The molecule has 0 heterocycles. The van der Waals surface area contributed by atoms with E-state index in [1.165, 1.54) is 29.2 Å². The van der Waals surface area contributed by atoms with Gasteiger partial charge in [-0.3, -0.25) is 0 Å². The number of hydrogen-bond donors (Lipinski definition) is 2. The van der Waals surface area contributed by atoms with Crippen LogP contribution in [0.5, 0.6) is 0 Å². The fraction of sp³-hybridized carbons (Fsp3) is 0.474. The molecule has 0 fully saturated rings. The molecule has 2 atom stereocenters. The highest BCUT2D eigenvalue weighted by Crippen LogP contribution is 2.24. The number of rotatable bonds is 8. The molecule has 2 unspecified atom stereocenters. The molecule has 0 saturated carbocycles. The third-order valence-corrected chi connectivity index (χ3v) is 4.24. The van der Waals surface area contributed by atoms with Crippen molar-refractivity contribution in [2.45, 2.75) is 39.2 Å². The van der Waals surface area contributed by atoms with Crippen molar-refractivity contribution in [2.75, 3.05) is 13.2 Å². The summed E-state index contributed by atoms with van der Waals surface area (Å²) in [7, 11) is 0. The topological polar surface area (TPSA) is 32.3 Å². The van der Waals surface area contributed by atoms with E-state index >= 15 is 0 Å². The van der Waals surface area contributed by atoms with Crippen molar-refractivity contribution in [3.05, 3.63) is 48.0 Å². The van der Waals surface area contributed by atoms with E-state index in [0.29, 0.717) is 12.0 Å². The highest BCUT2D eigenvalue weighted by atomic mass is 16.3. The monoisotopic (exact) mass is 285 g/mol. The lowest BCUT2D eigenvalue weighted by molar-refractivity contribution is 0.246. The summed E-state index contributed by atoms with van der Waals surface area (Å²) in [5.74, 6) is 0.567. The molecule has 2 N–H and O–H groups in total. The zero-order valence-corrected chi connectivity index (χ0v) is 13.2. The van der Waals surface area contributed by atoms with Crippen LogP contribution in [0.1, 0.15) is 44.7 Å². The van der Waals surface area contributed by atoms with Gasteiger partial charge in [0.15, 0.2) is 0 Å². The second kappa shape index (κ2) is 8.16. The first-order valence-electron chi connectivity index (χ1n) is 8.08. The predicted octanol–water partition coefficient (Wildman–Crippen LogP) is 4.29. The van der Waals surface area contributed by atoms with E-state index in [4.69, 9.17) is 5.11 Å². The van der Waals surface area contributed by atoms with Crippen molar-refractivity contribution < 1.29 is 5.11 Å². The van der Waals surface area contributed by atoms with Crippen LogP contribution in [0.25, 0.3) is 10.8 Å². The maximum absolute atomic E-state index is 9.16. The average molecular weight is 285 g/mol. The number of fused-ring (bicyclic) bond motifs is 1. The largest absolute Gasteiger partial charge is 0.396 e. The van der Waals surface area contributed by atoms with Crippen molar-refractivity contribution >= 4 is 10.8 Å². The van der Waals surface area contributed by atoms with Crippen LogP contribution in [0, 0.1) is 5.92 Å². The molecule has 2 aromatic carbocycles. The summed E-state index contributed by atoms with van der Waals surface area (Å²) in [4.78, 5) is 0. The van der Waals surface area contributed by atoms with Gasteiger partial charge in [-0.2, -0.15) is 0 Å². The van der Waals surface area contributed by atoms with Gasteiger partial charge in [-0.25, -0.2) is 0 Å². The molecular weight excluding hydrogens is 258 g/mol. The number of aliphatic hydroxyl groups is 1. The Hall–Kier alpha value is -1.38. The molecule has 0 bridgehead atoms. The molecule has 2 rings (SSSR count). The summed E-state index contributed by atoms with van der Waals surface area (Å²) < 4.78 is 0. The smallest absolute Gasteiger partial charge is 0.0434 e. The quantitative estimate of drug-likeness (QED) is 0.758. The molecule has 0 spiro atoms. The summed E-state index contributed by atoms with van der Waals surface area (Å²) in [5, 5.41) is 15.4. The first-order chi connectivity index (χ1) is 10.3. The molecule has 0 amide bonds. The van der Waals surface area contributed by atoms with Crippen LogP contribution in [0.3, 0.4) is 0 Å². The van der Waals surface area contributed by atoms with Crippen LogP contribution in [0.2, 0.25) is 0 Å². The van der Waals surface area contributed by atoms with E-state index in [1.807, 2.05) is 0 Å². The fourth-order valence-electron chi connectivity index (χ4n) is 3.02. The van der Waals surface area contributed by atoms with E-state index in [2.05, 4.69) is 61.6 Å². The Bertz CT molecular complexity index is 541. The van der Waals surface area contributed by atoms with Crippen molar-refractivity contribution in [3.8, 4) is 0 Å². The standard InChI is InChI=1S/C19H27NO/c1-3-7-16(12-13-21)14-20-15(2)18-11-6-9-17-8-4-5-10-19(17)18/h4-6,8-11,15-16,20-21H,3,7,12-14H2,1-2H3. The lowest BCUT2D eigenvalue weighted by Gasteiger charge is -2.21. The normalized spacial score (nSPS) is 14.2. The Balaban J connectivity index is 2.06. The first kappa shape index (κ1) is 16.0. The molecule has 2 heteroatoms. The fourth-order valence-corrected chi connectivity index (χ4v) is 3.02. The van der Waals surface area contributed by atoms with Crippen molar-refractivity contribution in [3.63, 3.8) is 0 Å². The van der Waals surface area contributed by atoms with Gasteiger partial charge in [-0.15, -0.1) is 0 Å². The van der Waals surface area contributed by atoms with Crippen LogP contribution in [-0.2, 0) is 0 Å². The maximum atomic E-state index is 9.16. The van der Waals surface area contributed by atoms with Crippen LogP contribution < -0.4 is 5.32 Å². The van der Waals surface area contributed by atoms with Gasteiger partial charge in [0.1, 0.15) is 0 Å². The number of nitrogens with one attached hydrogen (secondary N) is 1. The Morgan fingerprint density at radius 2 is 1.81 bits per heavy atom. The van der Waals surface area contributed by atoms with Gasteiger partial charge in [-0.1, -0.05) is 55.8 Å². The molecule has 114 valence electrons. The summed E-state index contributed by atoms with van der Waals surface area (Å²) >= 11 is 0. The van der Waals surface area contributed by atoms with Gasteiger partial charge in [0, 0.05) is 12.6 Å². The van der Waals surface area contributed by atoms with Gasteiger partial charge in [0.25, 0.3) is 0 Å². The van der Waals surface area contributed by atoms with E-state index in [-0.39, 0.29) is 6.61 Å². The lowest BCUT2D eigenvalue weighted by Crippen LogP contribution is -2.26. The number of aliphatic hydroxyl groups excluding tert-OH is 1. The molecule has 0 aliphatic carbocycles. The maximum Gasteiger partial charge on any atom is 0.0434 e. The minimum Gasteiger partial charge on any atom is -0.396 e. The minimum absolute atomic E-state index is 0.287.